The zero-order valence-corrected chi connectivity index (χ0v) is 16.3. The highest BCUT2D eigenvalue weighted by Crippen LogP contribution is 2.29. The maximum atomic E-state index is 12.9. The van der Waals surface area contributed by atoms with Crippen LogP contribution < -0.4 is 4.72 Å². The fourth-order valence-corrected chi connectivity index (χ4v) is 4.60. The smallest absolute Gasteiger partial charge is 0.240 e. The molecule has 0 saturated heterocycles. The van der Waals surface area contributed by atoms with Gasteiger partial charge < -0.3 is 0 Å². The molecule has 136 valence electrons. The van der Waals surface area contributed by atoms with Gasteiger partial charge in [-0.3, -0.25) is 0 Å². The van der Waals surface area contributed by atoms with E-state index < -0.39 is 15.8 Å². The molecule has 0 unspecified atom stereocenters. The Bertz CT molecular complexity index is 1000. The first kappa shape index (κ1) is 19.0. The molecule has 3 rings (SSSR count). The van der Waals surface area contributed by atoms with Gasteiger partial charge in [0.1, 0.15) is 10.8 Å². The minimum atomic E-state index is -3.66. The van der Waals surface area contributed by atoms with Crippen LogP contribution in [-0.2, 0) is 16.4 Å². The van der Waals surface area contributed by atoms with Gasteiger partial charge in [0, 0.05) is 22.0 Å². The van der Waals surface area contributed by atoms with Crippen LogP contribution in [0.25, 0.3) is 10.6 Å². The van der Waals surface area contributed by atoms with Crippen molar-refractivity contribution < 1.29 is 12.8 Å². The summed E-state index contributed by atoms with van der Waals surface area (Å²) in [5.74, 6) is -0.473. The highest BCUT2D eigenvalue weighted by Gasteiger charge is 2.15. The summed E-state index contributed by atoms with van der Waals surface area (Å²) >= 11 is 7.43. The molecule has 3 aromatic rings. The standard InChI is InChI=1S/C18H16ClFN2O2S2/c1-12-17(25-18(22-12)13-2-4-14(19)5-3-13)10-11-21-26(23,24)16-8-6-15(20)7-9-16/h2-9,21H,10-11H2,1H3. The van der Waals surface area contributed by atoms with E-state index in [4.69, 9.17) is 11.6 Å². The number of sulfonamides is 1. The molecule has 0 aliphatic rings. The summed E-state index contributed by atoms with van der Waals surface area (Å²) in [6.07, 6.45) is 0.525. The second kappa shape index (κ2) is 7.84. The molecule has 1 aromatic heterocycles. The summed E-state index contributed by atoms with van der Waals surface area (Å²) in [5.41, 5.74) is 1.85. The van der Waals surface area contributed by atoms with Gasteiger partial charge in [0.15, 0.2) is 0 Å². The van der Waals surface area contributed by atoms with Gasteiger partial charge in [-0.1, -0.05) is 23.7 Å². The van der Waals surface area contributed by atoms with Crippen molar-refractivity contribution in [3.63, 3.8) is 0 Å². The number of rotatable bonds is 6. The highest BCUT2D eigenvalue weighted by atomic mass is 35.5. The SMILES string of the molecule is Cc1nc(-c2ccc(Cl)cc2)sc1CCNS(=O)(=O)c1ccc(F)cc1. The van der Waals surface area contributed by atoms with Gasteiger partial charge in [-0.25, -0.2) is 22.5 Å². The second-order valence-corrected chi connectivity index (χ2v) is 8.92. The molecule has 0 radical (unpaired) electrons. The molecular formula is C18H16ClFN2O2S2. The van der Waals surface area contributed by atoms with E-state index >= 15 is 0 Å². The Morgan fingerprint density at radius 3 is 2.42 bits per heavy atom. The van der Waals surface area contributed by atoms with Crippen molar-refractivity contribution in [3.8, 4) is 10.6 Å². The van der Waals surface area contributed by atoms with Crippen LogP contribution in [0.2, 0.25) is 5.02 Å². The topological polar surface area (TPSA) is 59.1 Å². The molecule has 2 aromatic carbocycles. The normalized spacial score (nSPS) is 11.7. The van der Waals surface area contributed by atoms with Crippen molar-refractivity contribution >= 4 is 33.0 Å². The number of nitrogens with one attached hydrogen (secondary N) is 1. The monoisotopic (exact) mass is 410 g/mol. The van der Waals surface area contributed by atoms with Crippen LogP contribution in [-0.4, -0.2) is 19.9 Å². The van der Waals surface area contributed by atoms with Crippen molar-refractivity contribution in [2.24, 2.45) is 0 Å². The van der Waals surface area contributed by atoms with Crippen LogP contribution in [0.3, 0.4) is 0 Å². The fraction of sp³-hybridized carbons (Fsp3) is 0.167. The molecule has 1 N–H and O–H groups in total. The number of benzene rings is 2. The molecule has 0 aliphatic heterocycles. The molecule has 0 spiro atoms. The molecular weight excluding hydrogens is 395 g/mol. The molecule has 0 aliphatic carbocycles. The van der Waals surface area contributed by atoms with Gasteiger partial charge in [0.05, 0.1) is 10.6 Å². The third-order valence-electron chi connectivity index (χ3n) is 3.75. The first-order valence-corrected chi connectivity index (χ1v) is 10.5. The molecule has 0 saturated carbocycles. The van der Waals surface area contributed by atoms with Gasteiger partial charge in [0.2, 0.25) is 10.0 Å². The highest BCUT2D eigenvalue weighted by molar-refractivity contribution is 7.89. The lowest BCUT2D eigenvalue weighted by atomic mass is 10.2. The van der Waals surface area contributed by atoms with Gasteiger partial charge >= 0.3 is 0 Å². The molecule has 26 heavy (non-hydrogen) atoms. The summed E-state index contributed by atoms with van der Waals surface area (Å²) < 4.78 is 39.9. The second-order valence-electron chi connectivity index (χ2n) is 5.64. The lowest BCUT2D eigenvalue weighted by Gasteiger charge is -2.06. The zero-order chi connectivity index (χ0) is 18.7. The predicted molar refractivity (Wildman–Crippen MR) is 103 cm³/mol. The quantitative estimate of drug-likeness (QED) is 0.653. The number of aryl methyl sites for hydroxylation is 1. The predicted octanol–water partition coefficient (Wildman–Crippen LogP) is 4.43. The molecule has 0 fully saturated rings. The van der Waals surface area contributed by atoms with E-state index in [1.54, 1.807) is 0 Å². The van der Waals surface area contributed by atoms with Crippen molar-refractivity contribution in [1.82, 2.24) is 9.71 Å². The van der Waals surface area contributed by atoms with Crippen LogP contribution in [0.15, 0.2) is 53.4 Å². The summed E-state index contributed by atoms with van der Waals surface area (Å²) in [6, 6.07) is 12.2. The lowest BCUT2D eigenvalue weighted by molar-refractivity contribution is 0.581. The first-order chi connectivity index (χ1) is 12.3. The molecule has 0 bridgehead atoms. The number of aromatic nitrogens is 1. The Morgan fingerprint density at radius 2 is 1.77 bits per heavy atom. The number of thiazole rings is 1. The van der Waals surface area contributed by atoms with Gasteiger partial charge in [-0.15, -0.1) is 11.3 Å². The van der Waals surface area contributed by atoms with Gasteiger partial charge in [0.25, 0.3) is 0 Å². The Morgan fingerprint density at radius 1 is 1.12 bits per heavy atom. The van der Waals surface area contributed by atoms with Crippen LogP contribution in [0.5, 0.6) is 0 Å². The molecule has 1 heterocycles. The van der Waals surface area contributed by atoms with Crippen molar-refractivity contribution in [1.29, 1.82) is 0 Å². The van der Waals surface area contributed by atoms with E-state index in [1.807, 2.05) is 31.2 Å². The molecule has 8 heteroatoms. The van der Waals surface area contributed by atoms with E-state index in [9.17, 15) is 12.8 Å². The number of halogens is 2. The Kier molecular flexibility index (Phi) is 5.72. The van der Waals surface area contributed by atoms with E-state index in [0.717, 1.165) is 33.3 Å². The van der Waals surface area contributed by atoms with Crippen LogP contribution in [0.4, 0.5) is 4.39 Å². The Hall–Kier alpha value is -1.80. The molecule has 0 amide bonds. The third-order valence-corrected chi connectivity index (χ3v) is 6.75. The summed E-state index contributed by atoms with van der Waals surface area (Å²) in [5, 5.41) is 1.54. The summed E-state index contributed by atoms with van der Waals surface area (Å²) in [6.45, 7) is 2.14. The van der Waals surface area contributed by atoms with E-state index in [-0.39, 0.29) is 11.4 Å². The number of hydrogen-bond acceptors (Lipinski definition) is 4. The van der Waals surface area contributed by atoms with Crippen molar-refractivity contribution in [2.75, 3.05) is 6.54 Å². The summed E-state index contributed by atoms with van der Waals surface area (Å²) in [7, 11) is -3.66. The Balaban J connectivity index is 1.66. The number of hydrogen-bond donors (Lipinski definition) is 1. The van der Waals surface area contributed by atoms with Crippen LogP contribution in [0.1, 0.15) is 10.6 Å². The lowest BCUT2D eigenvalue weighted by Crippen LogP contribution is -2.25. The average molecular weight is 411 g/mol. The third kappa shape index (κ3) is 4.48. The maximum absolute atomic E-state index is 12.9. The van der Waals surface area contributed by atoms with Gasteiger partial charge in [-0.05, 0) is 49.7 Å². The number of nitrogens with zero attached hydrogens (tertiary/aromatic N) is 1. The summed E-state index contributed by atoms with van der Waals surface area (Å²) in [4.78, 5) is 5.60. The first-order valence-electron chi connectivity index (χ1n) is 7.82. The molecule has 4 nitrogen and oxygen atoms in total. The minimum absolute atomic E-state index is 0.0433. The van der Waals surface area contributed by atoms with E-state index in [0.29, 0.717) is 11.4 Å². The van der Waals surface area contributed by atoms with E-state index in [2.05, 4.69) is 9.71 Å². The van der Waals surface area contributed by atoms with E-state index in [1.165, 1.54) is 23.5 Å². The fourth-order valence-electron chi connectivity index (χ4n) is 2.37. The van der Waals surface area contributed by atoms with Crippen molar-refractivity contribution in [3.05, 3.63) is 69.9 Å². The minimum Gasteiger partial charge on any atom is -0.241 e. The largest absolute Gasteiger partial charge is 0.241 e. The van der Waals surface area contributed by atoms with Crippen LogP contribution >= 0.6 is 22.9 Å². The zero-order valence-electron chi connectivity index (χ0n) is 13.9. The van der Waals surface area contributed by atoms with Gasteiger partial charge in [-0.2, -0.15) is 0 Å². The van der Waals surface area contributed by atoms with Crippen LogP contribution in [0, 0.1) is 12.7 Å². The average Bonchev–Trinajstić information content (AvgIpc) is 2.97. The molecule has 0 atom stereocenters. The Labute approximate surface area is 160 Å². The van der Waals surface area contributed by atoms with Crippen molar-refractivity contribution in [2.45, 2.75) is 18.2 Å². The maximum Gasteiger partial charge on any atom is 0.240 e.